The van der Waals surface area contributed by atoms with Crippen molar-refractivity contribution in [1.82, 2.24) is 15.3 Å². The van der Waals surface area contributed by atoms with E-state index in [9.17, 15) is 4.79 Å². The van der Waals surface area contributed by atoms with Gasteiger partial charge in [0.25, 0.3) is 0 Å². The van der Waals surface area contributed by atoms with Gasteiger partial charge in [-0.05, 0) is 20.8 Å². The molecular formula is C13H22N4O. The van der Waals surface area contributed by atoms with E-state index in [1.807, 2.05) is 40.7 Å². The summed E-state index contributed by atoms with van der Waals surface area (Å²) in [6.07, 6.45) is 0. The largest absolute Gasteiger partial charge is 0.361 e. The van der Waals surface area contributed by atoms with Crippen molar-refractivity contribution >= 4 is 11.7 Å². The first-order chi connectivity index (χ1) is 8.38. The smallest absolute Gasteiger partial charge is 0.239 e. The average Bonchev–Trinajstić information content (AvgIpc) is 2.24. The highest BCUT2D eigenvalue weighted by Crippen LogP contribution is 2.13. The van der Waals surface area contributed by atoms with Gasteiger partial charge < -0.3 is 10.6 Å². The summed E-state index contributed by atoms with van der Waals surface area (Å²) in [6.45, 7) is 10.1. The number of amides is 1. The van der Waals surface area contributed by atoms with Gasteiger partial charge in [0.15, 0.2) is 0 Å². The Morgan fingerprint density at radius 2 is 1.94 bits per heavy atom. The van der Waals surface area contributed by atoms with Crippen LogP contribution < -0.4 is 10.6 Å². The monoisotopic (exact) mass is 250 g/mol. The van der Waals surface area contributed by atoms with Crippen LogP contribution in [0.25, 0.3) is 0 Å². The molecule has 0 fully saturated rings. The molecule has 0 aliphatic heterocycles. The van der Waals surface area contributed by atoms with E-state index in [2.05, 4.69) is 20.6 Å². The standard InChI is InChI=1S/C13H22N4O/c1-8(2)13-16-10(5)6-11(17-13)14-7-12(18)15-9(3)4/h6,8-9H,7H2,1-5H3,(H,15,18)(H,14,16,17). The van der Waals surface area contributed by atoms with Crippen molar-refractivity contribution in [2.24, 2.45) is 0 Å². The third-order valence-electron chi connectivity index (χ3n) is 2.27. The second-order valence-corrected chi connectivity index (χ2v) is 4.98. The van der Waals surface area contributed by atoms with Crippen LogP contribution in [0.5, 0.6) is 0 Å². The number of nitrogens with one attached hydrogen (secondary N) is 2. The van der Waals surface area contributed by atoms with E-state index in [-0.39, 0.29) is 24.4 Å². The molecule has 5 nitrogen and oxygen atoms in total. The molecular weight excluding hydrogens is 228 g/mol. The van der Waals surface area contributed by atoms with Crippen molar-refractivity contribution in [3.63, 3.8) is 0 Å². The molecule has 0 atom stereocenters. The van der Waals surface area contributed by atoms with Crippen LogP contribution in [0.2, 0.25) is 0 Å². The van der Waals surface area contributed by atoms with Gasteiger partial charge in [0.2, 0.25) is 5.91 Å². The molecule has 2 N–H and O–H groups in total. The maximum Gasteiger partial charge on any atom is 0.239 e. The minimum atomic E-state index is -0.0348. The first-order valence-electron chi connectivity index (χ1n) is 6.27. The minimum Gasteiger partial charge on any atom is -0.361 e. The van der Waals surface area contributed by atoms with Crippen molar-refractivity contribution in [1.29, 1.82) is 0 Å². The van der Waals surface area contributed by atoms with Crippen molar-refractivity contribution in [3.8, 4) is 0 Å². The van der Waals surface area contributed by atoms with E-state index in [0.717, 1.165) is 11.5 Å². The van der Waals surface area contributed by atoms with Crippen molar-refractivity contribution in [2.45, 2.75) is 46.6 Å². The van der Waals surface area contributed by atoms with E-state index < -0.39 is 0 Å². The molecule has 0 unspecified atom stereocenters. The Bertz CT molecular complexity index is 415. The molecule has 0 saturated heterocycles. The van der Waals surface area contributed by atoms with Crippen LogP contribution in [0.3, 0.4) is 0 Å². The van der Waals surface area contributed by atoms with Gasteiger partial charge in [-0.25, -0.2) is 9.97 Å². The summed E-state index contributed by atoms with van der Waals surface area (Å²) < 4.78 is 0. The van der Waals surface area contributed by atoms with Gasteiger partial charge in [-0.1, -0.05) is 13.8 Å². The van der Waals surface area contributed by atoms with Crippen LogP contribution in [0, 0.1) is 6.92 Å². The molecule has 1 aromatic rings. The van der Waals surface area contributed by atoms with Gasteiger partial charge in [-0.3, -0.25) is 4.79 Å². The molecule has 0 saturated carbocycles. The van der Waals surface area contributed by atoms with E-state index in [1.54, 1.807) is 0 Å². The summed E-state index contributed by atoms with van der Waals surface area (Å²) in [5.41, 5.74) is 0.903. The molecule has 0 spiro atoms. The maximum absolute atomic E-state index is 11.5. The highest BCUT2D eigenvalue weighted by molar-refractivity contribution is 5.80. The van der Waals surface area contributed by atoms with Crippen LogP contribution in [-0.2, 0) is 4.79 Å². The van der Waals surface area contributed by atoms with E-state index in [4.69, 9.17) is 0 Å². The quantitative estimate of drug-likeness (QED) is 0.837. The Kier molecular flexibility index (Phi) is 5.07. The molecule has 100 valence electrons. The van der Waals surface area contributed by atoms with Gasteiger partial charge in [0.05, 0.1) is 6.54 Å². The molecule has 0 bridgehead atoms. The van der Waals surface area contributed by atoms with Crippen LogP contribution in [0.4, 0.5) is 5.82 Å². The Labute approximate surface area is 108 Å². The summed E-state index contributed by atoms with van der Waals surface area (Å²) in [5.74, 6) is 1.73. The molecule has 0 aliphatic rings. The summed E-state index contributed by atoms with van der Waals surface area (Å²) in [5, 5.41) is 5.84. The number of carbonyl (C=O) groups excluding carboxylic acids is 1. The van der Waals surface area contributed by atoms with Gasteiger partial charge in [-0.15, -0.1) is 0 Å². The number of anilines is 1. The Hall–Kier alpha value is -1.65. The lowest BCUT2D eigenvalue weighted by Crippen LogP contribution is -2.35. The number of aromatic nitrogens is 2. The zero-order valence-electron chi connectivity index (χ0n) is 11.7. The summed E-state index contributed by atoms with van der Waals surface area (Å²) in [7, 11) is 0. The Morgan fingerprint density at radius 3 is 2.50 bits per heavy atom. The van der Waals surface area contributed by atoms with Crippen LogP contribution in [0.1, 0.15) is 45.1 Å². The molecule has 0 aromatic carbocycles. The third kappa shape index (κ3) is 4.69. The zero-order valence-corrected chi connectivity index (χ0v) is 11.7. The highest BCUT2D eigenvalue weighted by Gasteiger charge is 2.07. The average molecular weight is 250 g/mol. The molecule has 18 heavy (non-hydrogen) atoms. The van der Waals surface area contributed by atoms with Gasteiger partial charge in [0, 0.05) is 23.7 Å². The normalized spacial score (nSPS) is 10.8. The number of hydrogen-bond donors (Lipinski definition) is 2. The van der Waals surface area contributed by atoms with Crippen molar-refractivity contribution < 1.29 is 4.79 Å². The van der Waals surface area contributed by atoms with Crippen LogP contribution in [-0.4, -0.2) is 28.5 Å². The van der Waals surface area contributed by atoms with Crippen LogP contribution >= 0.6 is 0 Å². The predicted octanol–water partition coefficient (Wildman–Crippen LogP) is 1.84. The fraction of sp³-hybridized carbons (Fsp3) is 0.615. The van der Waals surface area contributed by atoms with Crippen molar-refractivity contribution in [2.75, 3.05) is 11.9 Å². The van der Waals surface area contributed by atoms with Gasteiger partial charge in [-0.2, -0.15) is 0 Å². The lowest BCUT2D eigenvalue weighted by atomic mass is 10.2. The fourth-order valence-electron chi connectivity index (χ4n) is 1.48. The third-order valence-corrected chi connectivity index (χ3v) is 2.27. The molecule has 1 heterocycles. The molecule has 0 aliphatic carbocycles. The molecule has 1 rings (SSSR count). The summed E-state index contributed by atoms with van der Waals surface area (Å²) in [6, 6.07) is 1.99. The fourth-order valence-corrected chi connectivity index (χ4v) is 1.48. The minimum absolute atomic E-state index is 0.0348. The summed E-state index contributed by atoms with van der Waals surface area (Å²) >= 11 is 0. The molecule has 5 heteroatoms. The zero-order chi connectivity index (χ0) is 13.7. The second kappa shape index (κ2) is 6.33. The van der Waals surface area contributed by atoms with E-state index >= 15 is 0 Å². The van der Waals surface area contributed by atoms with E-state index in [1.165, 1.54) is 0 Å². The topological polar surface area (TPSA) is 66.9 Å². The lowest BCUT2D eigenvalue weighted by Gasteiger charge is -2.11. The first-order valence-corrected chi connectivity index (χ1v) is 6.27. The highest BCUT2D eigenvalue weighted by atomic mass is 16.1. The van der Waals surface area contributed by atoms with Gasteiger partial charge in [0.1, 0.15) is 11.6 Å². The van der Waals surface area contributed by atoms with E-state index in [0.29, 0.717) is 5.82 Å². The SMILES string of the molecule is Cc1cc(NCC(=O)NC(C)C)nc(C(C)C)n1. The number of rotatable bonds is 5. The number of nitrogens with zero attached hydrogens (tertiary/aromatic N) is 2. The number of aryl methyl sites for hydroxylation is 1. The van der Waals surface area contributed by atoms with Crippen molar-refractivity contribution in [3.05, 3.63) is 17.6 Å². The molecule has 0 radical (unpaired) electrons. The second-order valence-electron chi connectivity index (χ2n) is 4.98. The number of carbonyl (C=O) groups is 1. The lowest BCUT2D eigenvalue weighted by molar-refractivity contribution is -0.119. The summed E-state index contributed by atoms with van der Waals surface area (Å²) in [4.78, 5) is 20.3. The molecule has 1 amide bonds. The Balaban J connectivity index is 2.64. The number of hydrogen-bond acceptors (Lipinski definition) is 4. The van der Waals surface area contributed by atoms with Crippen LogP contribution in [0.15, 0.2) is 6.07 Å². The van der Waals surface area contributed by atoms with Gasteiger partial charge >= 0.3 is 0 Å². The molecule has 1 aromatic heterocycles. The Morgan fingerprint density at radius 1 is 1.28 bits per heavy atom. The predicted molar refractivity (Wildman–Crippen MR) is 72.6 cm³/mol. The first kappa shape index (κ1) is 14.4. The maximum atomic E-state index is 11.5.